The van der Waals surface area contributed by atoms with E-state index in [1.807, 2.05) is 18.2 Å². The quantitative estimate of drug-likeness (QED) is 0.499. The van der Waals surface area contributed by atoms with Crippen LogP contribution in [-0.2, 0) is 14.3 Å². The second-order valence-electron chi connectivity index (χ2n) is 6.63. The number of allylic oxidation sites excluding steroid dienone is 2. The molecule has 138 valence electrons. The summed E-state index contributed by atoms with van der Waals surface area (Å²) in [5.41, 5.74) is 1.20. The van der Waals surface area contributed by atoms with Crippen LogP contribution in [0, 0.1) is 5.92 Å². The molecule has 1 aromatic rings. The summed E-state index contributed by atoms with van der Waals surface area (Å²) in [6.45, 7) is 4.89. The molecule has 1 aromatic carbocycles. The van der Waals surface area contributed by atoms with Gasteiger partial charge >= 0.3 is 5.97 Å². The van der Waals surface area contributed by atoms with Gasteiger partial charge in [0.25, 0.3) is 0 Å². The van der Waals surface area contributed by atoms with Crippen LogP contribution in [0.1, 0.15) is 64.0 Å². The van der Waals surface area contributed by atoms with E-state index in [1.54, 1.807) is 0 Å². The minimum Gasteiger partial charge on any atom is -0.481 e. The van der Waals surface area contributed by atoms with Gasteiger partial charge in [0.2, 0.25) is 0 Å². The topological polar surface area (TPSA) is 55.8 Å². The fourth-order valence-electron chi connectivity index (χ4n) is 3.26. The average Bonchev–Trinajstić information content (AvgIpc) is 2.65. The smallest absolute Gasteiger partial charge is 0.303 e. The van der Waals surface area contributed by atoms with Crippen LogP contribution in [0.5, 0.6) is 0 Å². The monoisotopic (exact) mass is 346 g/mol. The number of carboxylic acids is 1. The Morgan fingerprint density at radius 2 is 1.96 bits per heavy atom. The lowest BCUT2D eigenvalue weighted by Gasteiger charge is -2.44. The summed E-state index contributed by atoms with van der Waals surface area (Å²) in [4.78, 5) is 10.5. The van der Waals surface area contributed by atoms with Crippen LogP contribution in [0.2, 0.25) is 0 Å². The second-order valence-corrected chi connectivity index (χ2v) is 6.63. The first kappa shape index (κ1) is 19.7. The number of ether oxygens (including phenoxy) is 2. The molecule has 4 nitrogen and oxygen atoms in total. The Morgan fingerprint density at radius 1 is 1.24 bits per heavy atom. The summed E-state index contributed by atoms with van der Waals surface area (Å²) in [7, 11) is 0. The van der Waals surface area contributed by atoms with Crippen molar-refractivity contribution < 1.29 is 19.4 Å². The highest BCUT2D eigenvalue weighted by Crippen LogP contribution is 2.41. The Hall–Kier alpha value is -1.65. The Kier molecular flexibility index (Phi) is 7.66. The van der Waals surface area contributed by atoms with Crippen molar-refractivity contribution in [1.29, 1.82) is 0 Å². The lowest BCUT2D eigenvalue weighted by atomic mass is 9.90. The van der Waals surface area contributed by atoms with Crippen molar-refractivity contribution >= 4 is 5.97 Å². The molecule has 2 rings (SSSR count). The number of hydrogen-bond donors (Lipinski definition) is 1. The number of rotatable bonds is 9. The molecule has 1 aliphatic heterocycles. The van der Waals surface area contributed by atoms with Crippen LogP contribution in [0.15, 0.2) is 42.5 Å². The maximum atomic E-state index is 10.5. The number of carbonyl (C=O) groups is 1. The van der Waals surface area contributed by atoms with E-state index in [0.717, 1.165) is 25.7 Å². The molecule has 1 heterocycles. The molecule has 0 saturated carbocycles. The van der Waals surface area contributed by atoms with E-state index in [0.29, 0.717) is 13.0 Å². The molecule has 1 saturated heterocycles. The zero-order valence-electron chi connectivity index (χ0n) is 15.3. The van der Waals surface area contributed by atoms with Gasteiger partial charge in [-0.15, -0.1) is 0 Å². The molecule has 4 heteroatoms. The molecule has 1 N–H and O–H groups in total. The lowest BCUT2D eigenvalue weighted by molar-refractivity contribution is -0.316. The normalized spacial score (nSPS) is 23.0. The van der Waals surface area contributed by atoms with Crippen molar-refractivity contribution in [2.45, 2.75) is 64.3 Å². The predicted octanol–water partition coefficient (Wildman–Crippen LogP) is 5.11. The maximum absolute atomic E-state index is 10.5. The largest absolute Gasteiger partial charge is 0.481 e. The molecule has 1 fully saturated rings. The average molecular weight is 346 g/mol. The van der Waals surface area contributed by atoms with Crippen molar-refractivity contribution in [3.8, 4) is 0 Å². The standard InChI is InChI=1S/C21H30O4/c1-3-21(4-2)24-16-18(14-8-5-6-11-15-19(22)23)20(25-21)17-12-9-7-10-13-17/h5,7-10,12-13,18,20H,3-4,6,11,14-16H2,1-2H3,(H,22,23). The summed E-state index contributed by atoms with van der Waals surface area (Å²) < 4.78 is 12.6. The first-order valence-corrected chi connectivity index (χ1v) is 9.33. The van der Waals surface area contributed by atoms with E-state index in [2.05, 4.69) is 38.1 Å². The van der Waals surface area contributed by atoms with Gasteiger partial charge in [-0.05, 0) is 37.7 Å². The SMILES string of the molecule is CCC1(CC)OCC(CC=CCCCC(=O)O)C(c2ccccc2)O1. The molecule has 2 atom stereocenters. The Bertz CT molecular complexity index is 548. The van der Waals surface area contributed by atoms with Gasteiger partial charge < -0.3 is 14.6 Å². The van der Waals surface area contributed by atoms with E-state index in [-0.39, 0.29) is 18.4 Å². The molecule has 2 unspecified atom stereocenters. The third kappa shape index (κ3) is 5.68. The Balaban J connectivity index is 2.00. The van der Waals surface area contributed by atoms with E-state index < -0.39 is 11.8 Å². The molecular formula is C21H30O4. The van der Waals surface area contributed by atoms with Crippen molar-refractivity contribution in [1.82, 2.24) is 0 Å². The highest BCUT2D eigenvalue weighted by atomic mass is 16.7. The molecule has 25 heavy (non-hydrogen) atoms. The van der Waals surface area contributed by atoms with Gasteiger partial charge in [0.15, 0.2) is 5.79 Å². The van der Waals surface area contributed by atoms with Gasteiger partial charge in [0, 0.05) is 12.3 Å². The Morgan fingerprint density at radius 3 is 2.60 bits per heavy atom. The summed E-state index contributed by atoms with van der Waals surface area (Å²) in [6.07, 6.45) is 8.49. The van der Waals surface area contributed by atoms with Gasteiger partial charge in [-0.25, -0.2) is 0 Å². The fraction of sp³-hybridized carbons (Fsp3) is 0.571. The zero-order valence-corrected chi connectivity index (χ0v) is 15.3. The van der Waals surface area contributed by atoms with Crippen LogP contribution in [0.3, 0.4) is 0 Å². The lowest BCUT2D eigenvalue weighted by Crippen LogP contribution is -2.44. The van der Waals surface area contributed by atoms with Gasteiger partial charge in [-0.3, -0.25) is 4.79 Å². The van der Waals surface area contributed by atoms with Gasteiger partial charge in [-0.2, -0.15) is 0 Å². The summed E-state index contributed by atoms with van der Waals surface area (Å²) in [5, 5.41) is 8.67. The number of benzene rings is 1. The van der Waals surface area contributed by atoms with Crippen LogP contribution < -0.4 is 0 Å². The van der Waals surface area contributed by atoms with E-state index >= 15 is 0 Å². The molecule has 1 aliphatic rings. The van der Waals surface area contributed by atoms with Gasteiger partial charge in [-0.1, -0.05) is 56.3 Å². The van der Waals surface area contributed by atoms with Crippen LogP contribution in [-0.4, -0.2) is 23.5 Å². The molecular weight excluding hydrogens is 316 g/mol. The summed E-state index contributed by atoms with van der Waals surface area (Å²) in [5.74, 6) is -0.950. The minimum absolute atomic E-state index is 0.0264. The van der Waals surface area contributed by atoms with Crippen LogP contribution >= 0.6 is 0 Å². The minimum atomic E-state index is -0.734. The summed E-state index contributed by atoms with van der Waals surface area (Å²) >= 11 is 0. The Labute approximate surface area is 150 Å². The predicted molar refractivity (Wildman–Crippen MR) is 98.3 cm³/mol. The first-order chi connectivity index (χ1) is 12.1. The number of aliphatic carboxylic acids is 1. The van der Waals surface area contributed by atoms with Gasteiger partial charge in [0.1, 0.15) is 0 Å². The van der Waals surface area contributed by atoms with Crippen LogP contribution in [0.25, 0.3) is 0 Å². The molecule has 0 spiro atoms. The molecule has 0 radical (unpaired) electrons. The molecule has 0 bridgehead atoms. The molecule has 0 aromatic heterocycles. The highest BCUT2D eigenvalue weighted by Gasteiger charge is 2.40. The van der Waals surface area contributed by atoms with E-state index in [4.69, 9.17) is 14.6 Å². The molecule has 0 amide bonds. The fourth-order valence-corrected chi connectivity index (χ4v) is 3.26. The second kappa shape index (κ2) is 9.73. The van der Waals surface area contributed by atoms with Gasteiger partial charge in [0.05, 0.1) is 12.7 Å². The third-order valence-electron chi connectivity index (χ3n) is 4.90. The first-order valence-electron chi connectivity index (χ1n) is 9.33. The molecule has 0 aliphatic carbocycles. The number of carboxylic acid groups (broad SMARTS) is 1. The van der Waals surface area contributed by atoms with Crippen molar-refractivity contribution in [2.75, 3.05) is 6.61 Å². The van der Waals surface area contributed by atoms with Crippen molar-refractivity contribution in [2.24, 2.45) is 5.92 Å². The third-order valence-corrected chi connectivity index (χ3v) is 4.90. The van der Waals surface area contributed by atoms with Crippen molar-refractivity contribution in [3.63, 3.8) is 0 Å². The van der Waals surface area contributed by atoms with Crippen molar-refractivity contribution in [3.05, 3.63) is 48.0 Å². The van der Waals surface area contributed by atoms with Crippen LogP contribution in [0.4, 0.5) is 0 Å². The van der Waals surface area contributed by atoms with E-state index in [9.17, 15) is 4.79 Å². The number of hydrogen-bond acceptors (Lipinski definition) is 3. The highest BCUT2D eigenvalue weighted by molar-refractivity contribution is 5.66. The van der Waals surface area contributed by atoms with E-state index in [1.165, 1.54) is 5.56 Å². The maximum Gasteiger partial charge on any atom is 0.303 e. The number of unbranched alkanes of at least 4 members (excludes halogenated alkanes) is 1. The summed E-state index contributed by atoms with van der Waals surface area (Å²) in [6, 6.07) is 10.4. The zero-order chi connectivity index (χ0) is 18.1.